The maximum atomic E-state index is 12.7. The highest BCUT2D eigenvalue weighted by atomic mass is 16.5. The Morgan fingerprint density at radius 1 is 1.11 bits per heavy atom. The van der Waals surface area contributed by atoms with Crippen LogP contribution in [-0.2, 0) is 11.2 Å². The van der Waals surface area contributed by atoms with Crippen molar-refractivity contribution in [2.75, 3.05) is 20.8 Å². The van der Waals surface area contributed by atoms with Gasteiger partial charge in [-0.25, -0.2) is 4.98 Å². The van der Waals surface area contributed by atoms with E-state index in [4.69, 9.17) is 14.6 Å². The molecule has 2 N–H and O–H groups in total. The minimum atomic E-state index is -0.482. The van der Waals surface area contributed by atoms with E-state index in [1.165, 1.54) is 14.2 Å². The highest BCUT2D eigenvalue weighted by Crippen LogP contribution is 2.29. The summed E-state index contributed by atoms with van der Waals surface area (Å²) in [5, 5.41) is 9.36. The van der Waals surface area contributed by atoms with Crippen molar-refractivity contribution in [1.29, 1.82) is 0 Å². The lowest BCUT2D eigenvalue weighted by molar-refractivity contribution is -0.121. The number of fused-ring (bicyclic) bond motifs is 1. The molecule has 2 aromatic carbocycles. The van der Waals surface area contributed by atoms with E-state index in [-0.39, 0.29) is 17.8 Å². The number of hydrogen-bond acceptors (Lipinski definition) is 6. The molecule has 146 valence electrons. The number of nitrogens with one attached hydrogen (secondary N) is 1. The number of aromatic nitrogens is 2. The normalized spacial score (nSPS) is 10.9. The van der Waals surface area contributed by atoms with Gasteiger partial charge in [0.05, 0.1) is 19.7 Å². The number of methoxy groups -OCH3 is 2. The van der Waals surface area contributed by atoms with Gasteiger partial charge in [-0.3, -0.25) is 9.59 Å². The van der Waals surface area contributed by atoms with Crippen LogP contribution in [0.25, 0.3) is 22.3 Å². The van der Waals surface area contributed by atoms with E-state index in [1.54, 1.807) is 12.1 Å². The fourth-order valence-corrected chi connectivity index (χ4v) is 3.29. The summed E-state index contributed by atoms with van der Waals surface area (Å²) >= 11 is 0. The van der Waals surface area contributed by atoms with Gasteiger partial charge in [-0.1, -0.05) is 0 Å². The lowest BCUT2D eigenvalue weighted by atomic mass is 9.95. The Balaban J connectivity index is 2.16. The Kier molecular flexibility index (Phi) is 5.46. The van der Waals surface area contributed by atoms with E-state index in [0.717, 1.165) is 22.3 Å². The zero-order chi connectivity index (χ0) is 20.4. The van der Waals surface area contributed by atoms with Gasteiger partial charge in [0.15, 0.2) is 5.78 Å². The standard InChI is InChI=1S/C21H22N2O5/c1-11-5-13(6-12(2)16(11)7-14(25)10-24)20-22-17-8-15(27-3)9-18(28-4)19(17)21(26)23-20/h5-6,8-9,24H,7,10H2,1-4H3,(H,22,23,26). The average Bonchev–Trinajstić information content (AvgIpc) is 2.68. The third kappa shape index (κ3) is 3.61. The van der Waals surface area contributed by atoms with Crippen molar-refractivity contribution in [2.24, 2.45) is 0 Å². The molecular weight excluding hydrogens is 360 g/mol. The minimum absolute atomic E-state index is 0.171. The number of carbonyl (C=O) groups is 1. The second-order valence-corrected chi connectivity index (χ2v) is 6.60. The summed E-state index contributed by atoms with van der Waals surface area (Å²) in [6.07, 6.45) is 0.171. The molecule has 0 aliphatic carbocycles. The molecule has 28 heavy (non-hydrogen) atoms. The predicted octanol–water partition coefficient (Wildman–Crippen LogP) is 2.33. The summed E-state index contributed by atoms with van der Waals surface area (Å²) in [7, 11) is 3.02. The Labute approximate surface area is 162 Å². The zero-order valence-corrected chi connectivity index (χ0v) is 16.3. The molecule has 3 rings (SSSR count). The van der Waals surface area contributed by atoms with Crippen molar-refractivity contribution < 1.29 is 19.4 Å². The summed E-state index contributed by atoms with van der Waals surface area (Å²) in [5.41, 5.74) is 3.54. The summed E-state index contributed by atoms with van der Waals surface area (Å²) < 4.78 is 10.6. The molecule has 0 aliphatic heterocycles. The average molecular weight is 382 g/mol. The zero-order valence-electron chi connectivity index (χ0n) is 16.3. The highest BCUT2D eigenvalue weighted by Gasteiger charge is 2.15. The number of benzene rings is 2. The lowest BCUT2D eigenvalue weighted by Gasteiger charge is -2.13. The van der Waals surface area contributed by atoms with Gasteiger partial charge < -0.3 is 19.6 Å². The van der Waals surface area contributed by atoms with Gasteiger partial charge in [0.1, 0.15) is 29.3 Å². The third-order valence-electron chi connectivity index (χ3n) is 4.72. The number of aryl methyl sites for hydroxylation is 2. The summed E-state index contributed by atoms with van der Waals surface area (Å²) in [6, 6.07) is 7.06. The van der Waals surface area contributed by atoms with Gasteiger partial charge in [-0.05, 0) is 42.7 Å². The van der Waals surface area contributed by atoms with E-state index in [0.29, 0.717) is 28.2 Å². The van der Waals surface area contributed by atoms with Crippen molar-refractivity contribution in [2.45, 2.75) is 20.3 Å². The Bertz CT molecular complexity index is 1090. The Morgan fingerprint density at radius 2 is 1.79 bits per heavy atom. The number of carbonyl (C=O) groups excluding carboxylic acids is 1. The molecule has 0 spiro atoms. The van der Waals surface area contributed by atoms with Gasteiger partial charge in [-0.2, -0.15) is 0 Å². The maximum absolute atomic E-state index is 12.7. The molecule has 0 unspecified atom stereocenters. The first-order chi connectivity index (χ1) is 13.4. The van der Waals surface area contributed by atoms with Gasteiger partial charge in [0.2, 0.25) is 0 Å². The number of H-pyrrole nitrogens is 1. The summed E-state index contributed by atoms with van der Waals surface area (Å²) in [4.78, 5) is 31.7. The number of aromatic amines is 1. The van der Waals surface area contributed by atoms with Crippen LogP contribution in [0.3, 0.4) is 0 Å². The van der Waals surface area contributed by atoms with Crippen LogP contribution in [0.1, 0.15) is 16.7 Å². The van der Waals surface area contributed by atoms with E-state index in [2.05, 4.69) is 9.97 Å². The van der Waals surface area contributed by atoms with Crippen molar-refractivity contribution in [3.63, 3.8) is 0 Å². The van der Waals surface area contributed by atoms with Gasteiger partial charge in [-0.15, -0.1) is 0 Å². The number of aliphatic hydroxyl groups is 1. The quantitative estimate of drug-likeness (QED) is 0.678. The fourth-order valence-electron chi connectivity index (χ4n) is 3.29. The van der Waals surface area contributed by atoms with E-state index < -0.39 is 6.61 Å². The molecule has 1 aromatic heterocycles. The highest BCUT2D eigenvalue weighted by molar-refractivity contribution is 5.87. The first-order valence-corrected chi connectivity index (χ1v) is 8.77. The van der Waals surface area contributed by atoms with Crippen molar-refractivity contribution in [3.05, 3.63) is 51.3 Å². The van der Waals surface area contributed by atoms with Crippen LogP contribution < -0.4 is 15.0 Å². The van der Waals surface area contributed by atoms with Crippen LogP contribution in [0.5, 0.6) is 11.5 Å². The van der Waals surface area contributed by atoms with Crippen molar-refractivity contribution in [3.8, 4) is 22.9 Å². The number of hydrogen-bond donors (Lipinski definition) is 2. The van der Waals surface area contributed by atoms with Crippen LogP contribution in [0, 0.1) is 13.8 Å². The van der Waals surface area contributed by atoms with Crippen LogP contribution in [-0.4, -0.2) is 41.7 Å². The summed E-state index contributed by atoms with van der Waals surface area (Å²) in [6.45, 7) is 3.30. The molecule has 0 radical (unpaired) electrons. The number of nitrogens with zero attached hydrogens (tertiary/aromatic N) is 1. The molecule has 3 aromatic rings. The number of Topliss-reactive ketones (excluding diaryl/α,β-unsaturated/α-hetero) is 1. The molecule has 0 aliphatic rings. The monoisotopic (exact) mass is 382 g/mol. The smallest absolute Gasteiger partial charge is 0.262 e. The molecule has 0 fully saturated rings. The topological polar surface area (TPSA) is 102 Å². The molecule has 0 saturated heterocycles. The first kappa shape index (κ1) is 19.6. The first-order valence-electron chi connectivity index (χ1n) is 8.77. The number of aliphatic hydroxyl groups excluding tert-OH is 1. The van der Waals surface area contributed by atoms with Gasteiger partial charge >= 0.3 is 0 Å². The van der Waals surface area contributed by atoms with E-state index in [9.17, 15) is 9.59 Å². The van der Waals surface area contributed by atoms with Gasteiger partial charge in [0, 0.05) is 24.1 Å². The molecule has 0 amide bonds. The number of rotatable bonds is 6. The number of ether oxygens (including phenoxy) is 2. The second kappa shape index (κ2) is 7.82. The maximum Gasteiger partial charge on any atom is 0.262 e. The summed E-state index contributed by atoms with van der Waals surface area (Å²) in [5.74, 6) is 1.10. The molecule has 0 atom stereocenters. The Morgan fingerprint density at radius 3 is 2.36 bits per heavy atom. The van der Waals surface area contributed by atoms with E-state index >= 15 is 0 Å². The third-order valence-corrected chi connectivity index (χ3v) is 4.72. The SMILES string of the molecule is COc1cc(OC)c2c(=O)[nH]c(-c3cc(C)c(CC(=O)CO)c(C)c3)nc2c1. The fraction of sp³-hybridized carbons (Fsp3) is 0.286. The molecule has 7 heteroatoms. The molecule has 0 saturated carbocycles. The number of ketones is 1. The second-order valence-electron chi connectivity index (χ2n) is 6.60. The van der Waals surface area contributed by atoms with Crippen LogP contribution in [0.4, 0.5) is 0 Å². The molecular formula is C21H22N2O5. The van der Waals surface area contributed by atoms with E-state index in [1.807, 2.05) is 26.0 Å². The molecule has 1 heterocycles. The largest absolute Gasteiger partial charge is 0.497 e. The van der Waals surface area contributed by atoms with Crippen molar-refractivity contribution in [1.82, 2.24) is 9.97 Å². The lowest BCUT2D eigenvalue weighted by Crippen LogP contribution is -2.12. The predicted molar refractivity (Wildman–Crippen MR) is 106 cm³/mol. The van der Waals surface area contributed by atoms with Gasteiger partial charge in [0.25, 0.3) is 5.56 Å². The Hall–Kier alpha value is -3.19. The van der Waals surface area contributed by atoms with Crippen molar-refractivity contribution >= 4 is 16.7 Å². The minimum Gasteiger partial charge on any atom is -0.497 e. The van der Waals surface area contributed by atoms with Crippen LogP contribution in [0.2, 0.25) is 0 Å². The van der Waals surface area contributed by atoms with Crippen LogP contribution >= 0.6 is 0 Å². The molecule has 0 bridgehead atoms. The molecule has 7 nitrogen and oxygen atoms in total. The van der Waals surface area contributed by atoms with Crippen LogP contribution in [0.15, 0.2) is 29.1 Å².